The van der Waals surface area contributed by atoms with E-state index in [9.17, 15) is 4.79 Å². The molecule has 25 heavy (non-hydrogen) atoms. The van der Waals surface area contributed by atoms with Gasteiger partial charge in [-0.1, -0.05) is 20.8 Å². The molecule has 1 aliphatic rings. The molecule has 2 rings (SSSR count). The van der Waals surface area contributed by atoms with Crippen molar-refractivity contribution in [2.24, 2.45) is 10.9 Å². The average Bonchev–Trinajstić information content (AvgIpc) is 3.19. The maximum atomic E-state index is 11.8. The summed E-state index contributed by atoms with van der Waals surface area (Å²) < 4.78 is 2.17. The van der Waals surface area contributed by atoms with E-state index in [2.05, 4.69) is 39.0 Å². The Kier molecular flexibility index (Phi) is 9.23. The summed E-state index contributed by atoms with van der Waals surface area (Å²) in [6.07, 6.45) is 5.37. The normalized spacial score (nSPS) is 17.6. The number of hydrogen-bond donors (Lipinski definition) is 2. The van der Waals surface area contributed by atoms with Crippen molar-refractivity contribution in [2.45, 2.75) is 52.7 Å². The van der Waals surface area contributed by atoms with Crippen LogP contribution in [0.1, 0.15) is 39.4 Å². The first-order valence-electron chi connectivity index (χ1n) is 8.78. The number of amides is 1. The van der Waals surface area contributed by atoms with Crippen molar-refractivity contribution < 1.29 is 4.79 Å². The predicted molar refractivity (Wildman–Crippen MR) is 111 cm³/mol. The lowest BCUT2D eigenvalue weighted by molar-refractivity contribution is -0.129. The van der Waals surface area contributed by atoms with Crippen molar-refractivity contribution in [3.8, 4) is 0 Å². The van der Waals surface area contributed by atoms with Gasteiger partial charge in [0.25, 0.3) is 0 Å². The average molecular weight is 462 g/mol. The van der Waals surface area contributed by atoms with Gasteiger partial charge in [-0.3, -0.25) is 9.79 Å². The summed E-state index contributed by atoms with van der Waals surface area (Å²) in [5.74, 6) is 2.56. The van der Waals surface area contributed by atoms with E-state index in [1.807, 2.05) is 24.2 Å². The molecule has 2 N–H and O–H groups in total. The van der Waals surface area contributed by atoms with Gasteiger partial charge < -0.3 is 20.1 Å². The summed E-state index contributed by atoms with van der Waals surface area (Å²) in [6, 6.07) is 0.252. The van der Waals surface area contributed by atoms with Gasteiger partial charge in [-0.25, -0.2) is 4.98 Å². The van der Waals surface area contributed by atoms with Crippen LogP contribution >= 0.6 is 24.0 Å². The van der Waals surface area contributed by atoms with Crippen LogP contribution in [0.15, 0.2) is 17.4 Å². The molecule has 0 saturated carbocycles. The summed E-state index contributed by atoms with van der Waals surface area (Å²) in [7, 11) is 1.76. The Bertz CT molecular complexity index is 571. The van der Waals surface area contributed by atoms with Crippen LogP contribution in [-0.2, 0) is 17.9 Å². The van der Waals surface area contributed by atoms with Gasteiger partial charge in [-0.15, -0.1) is 24.0 Å². The highest BCUT2D eigenvalue weighted by molar-refractivity contribution is 14.0. The first-order valence-corrected chi connectivity index (χ1v) is 8.78. The Labute approximate surface area is 167 Å². The third kappa shape index (κ3) is 6.48. The minimum absolute atomic E-state index is 0. The lowest BCUT2D eigenvalue weighted by atomic mass is 10.2. The SMILES string of the molecule is CCC(=O)N1CCC(NC(=NC)NCc2nccn2CC(C)C)C1.I. The van der Waals surface area contributed by atoms with Crippen molar-refractivity contribution >= 4 is 35.8 Å². The highest BCUT2D eigenvalue weighted by atomic mass is 127. The molecule has 142 valence electrons. The molecule has 0 aromatic carbocycles. The Balaban J connectivity index is 0.00000312. The Morgan fingerprint density at radius 3 is 2.88 bits per heavy atom. The van der Waals surface area contributed by atoms with Crippen LogP contribution in [0.3, 0.4) is 0 Å². The minimum Gasteiger partial charge on any atom is -0.352 e. The van der Waals surface area contributed by atoms with Gasteiger partial charge in [0.1, 0.15) is 5.82 Å². The van der Waals surface area contributed by atoms with Gasteiger partial charge in [-0.2, -0.15) is 0 Å². The van der Waals surface area contributed by atoms with E-state index in [0.717, 1.165) is 37.8 Å². The third-order valence-electron chi connectivity index (χ3n) is 4.19. The van der Waals surface area contributed by atoms with Gasteiger partial charge in [0, 0.05) is 51.5 Å². The maximum Gasteiger partial charge on any atom is 0.222 e. The van der Waals surface area contributed by atoms with Crippen LogP contribution in [0.25, 0.3) is 0 Å². The number of imidazole rings is 1. The standard InChI is InChI=1S/C17H30N6O.HI/c1-5-16(24)23-8-6-14(12-23)21-17(18-4)20-10-15-19-7-9-22(15)11-13(2)3;/h7,9,13-14H,5-6,8,10-12H2,1-4H3,(H2,18,20,21);1H. The van der Waals surface area contributed by atoms with Crippen LogP contribution in [0.2, 0.25) is 0 Å². The predicted octanol–water partition coefficient (Wildman–Crippen LogP) is 1.83. The zero-order valence-corrected chi connectivity index (χ0v) is 18.0. The lowest BCUT2D eigenvalue weighted by Gasteiger charge is -2.19. The number of nitrogens with zero attached hydrogens (tertiary/aromatic N) is 4. The number of rotatable bonds is 6. The van der Waals surface area contributed by atoms with Crippen LogP contribution in [0.5, 0.6) is 0 Å². The molecule has 2 heterocycles. The van der Waals surface area contributed by atoms with Gasteiger partial charge >= 0.3 is 0 Å². The zero-order chi connectivity index (χ0) is 17.5. The van der Waals surface area contributed by atoms with Crippen molar-refractivity contribution in [3.63, 3.8) is 0 Å². The van der Waals surface area contributed by atoms with E-state index < -0.39 is 0 Å². The fourth-order valence-electron chi connectivity index (χ4n) is 2.95. The van der Waals surface area contributed by atoms with E-state index in [1.165, 1.54) is 0 Å². The van der Waals surface area contributed by atoms with Crippen molar-refractivity contribution in [3.05, 3.63) is 18.2 Å². The van der Waals surface area contributed by atoms with E-state index in [4.69, 9.17) is 0 Å². The van der Waals surface area contributed by atoms with Crippen LogP contribution in [-0.4, -0.2) is 52.5 Å². The molecule has 1 aromatic rings. The summed E-state index contributed by atoms with van der Waals surface area (Å²) >= 11 is 0. The monoisotopic (exact) mass is 462 g/mol. The summed E-state index contributed by atoms with van der Waals surface area (Å²) in [5.41, 5.74) is 0. The molecule has 0 spiro atoms. The number of carbonyl (C=O) groups is 1. The highest BCUT2D eigenvalue weighted by Crippen LogP contribution is 2.10. The highest BCUT2D eigenvalue weighted by Gasteiger charge is 2.25. The number of halogens is 1. The first-order chi connectivity index (χ1) is 11.5. The molecule has 1 atom stereocenters. The molecular formula is C17H31IN6O. The fraction of sp³-hybridized carbons (Fsp3) is 0.706. The van der Waals surface area contributed by atoms with Crippen LogP contribution in [0.4, 0.5) is 0 Å². The first kappa shape index (κ1) is 21.7. The minimum atomic E-state index is 0. The Morgan fingerprint density at radius 1 is 1.48 bits per heavy atom. The third-order valence-corrected chi connectivity index (χ3v) is 4.19. The largest absolute Gasteiger partial charge is 0.352 e. The fourth-order valence-corrected chi connectivity index (χ4v) is 2.95. The summed E-state index contributed by atoms with van der Waals surface area (Å²) in [5, 5.41) is 6.73. The quantitative estimate of drug-likeness (QED) is 0.385. The van der Waals surface area contributed by atoms with Gasteiger partial charge in [0.05, 0.1) is 6.54 Å². The molecule has 7 nitrogen and oxygen atoms in total. The molecule has 8 heteroatoms. The molecule has 1 aliphatic heterocycles. The number of carbonyl (C=O) groups excluding carboxylic acids is 1. The number of aromatic nitrogens is 2. The Hall–Kier alpha value is -1.32. The van der Waals surface area contributed by atoms with E-state index in [1.54, 1.807) is 7.05 Å². The number of likely N-dealkylation sites (tertiary alicyclic amines) is 1. The smallest absolute Gasteiger partial charge is 0.222 e. The van der Waals surface area contributed by atoms with E-state index in [-0.39, 0.29) is 35.9 Å². The second-order valence-electron chi connectivity index (χ2n) is 6.64. The topological polar surface area (TPSA) is 74.6 Å². The second-order valence-corrected chi connectivity index (χ2v) is 6.64. The molecule has 1 amide bonds. The van der Waals surface area contributed by atoms with Gasteiger partial charge in [0.15, 0.2) is 5.96 Å². The second kappa shape index (κ2) is 10.6. The lowest BCUT2D eigenvalue weighted by Crippen LogP contribution is -2.45. The number of guanidine groups is 1. The van der Waals surface area contributed by atoms with Crippen LogP contribution < -0.4 is 10.6 Å². The summed E-state index contributed by atoms with van der Waals surface area (Å²) in [6.45, 7) is 9.45. The summed E-state index contributed by atoms with van der Waals surface area (Å²) in [4.78, 5) is 22.4. The number of aliphatic imine (C=N–C) groups is 1. The van der Waals surface area contributed by atoms with E-state index >= 15 is 0 Å². The maximum absolute atomic E-state index is 11.8. The molecule has 1 fully saturated rings. The van der Waals surface area contributed by atoms with Crippen molar-refractivity contribution in [2.75, 3.05) is 20.1 Å². The molecule has 0 bridgehead atoms. The number of nitrogens with one attached hydrogen (secondary N) is 2. The molecule has 1 aromatic heterocycles. The Morgan fingerprint density at radius 2 is 2.24 bits per heavy atom. The molecule has 1 saturated heterocycles. The van der Waals surface area contributed by atoms with Crippen molar-refractivity contribution in [1.82, 2.24) is 25.1 Å². The molecule has 1 unspecified atom stereocenters. The zero-order valence-electron chi connectivity index (χ0n) is 15.7. The van der Waals surface area contributed by atoms with Crippen LogP contribution in [0, 0.1) is 5.92 Å². The van der Waals surface area contributed by atoms with Gasteiger partial charge in [-0.05, 0) is 12.3 Å². The van der Waals surface area contributed by atoms with Gasteiger partial charge in [0.2, 0.25) is 5.91 Å². The van der Waals surface area contributed by atoms with E-state index in [0.29, 0.717) is 18.9 Å². The molecular weight excluding hydrogens is 431 g/mol. The molecule has 0 aliphatic carbocycles. The molecule has 0 radical (unpaired) electrons. The van der Waals surface area contributed by atoms with Crippen molar-refractivity contribution in [1.29, 1.82) is 0 Å². The number of hydrogen-bond acceptors (Lipinski definition) is 3.